The van der Waals surface area contributed by atoms with Gasteiger partial charge in [0, 0.05) is 12.6 Å². The van der Waals surface area contributed by atoms with Gasteiger partial charge in [-0.25, -0.2) is 13.8 Å². The molecule has 1 atom stereocenters. The van der Waals surface area contributed by atoms with Crippen LogP contribution in [0.2, 0.25) is 0 Å². The number of halogens is 2. The third-order valence-corrected chi connectivity index (χ3v) is 5.34. The number of nitrogens with two attached hydrogens (primary N) is 1. The molecule has 2 heterocycles. The van der Waals surface area contributed by atoms with Crippen LogP contribution in [0, 0.1) is 0 Å². The number of rotatable bonds is 7. The van der Waals surface area contributed by atoms with Crippen LogP contribution in [0.1, 0.15) is 42.4 Å². The number of aromatic nitrogens is 3. The summed E-state index contributed by atoms with van der Waals surface area (Å²) in [5.41, 5.74) is 9.23. The number of hydrogen-bond donors (Lipinski definition) is 2. The van der Waals surface area contributed by atoms with Gasteiger partial charge in [-0.2, -0.15) is 0 Å². The van der Waals surface area contributed by atoms with E-state index in [9.17, 15) is 8.78 Å². The Kier molecular flexibility index (Phi) is 5.37. The molecule has 28 heavy (non-hydrogen) atoms. The number of alkyl halides is 2. The first kappa shape index (κ1) is 19.0. The standard InChI is InChI=1S/C21H25F2N5/c22-21(23,10-11-24)14-28(13-19-26-16-7-1-2-8-17(16)27-19)18-9-3-5-15-6-4-12-25-20(15)18/h1-2,4,6-8,12,18H,3,5,9-11,13-14,24H2,(H,26,27). The Hall–Kier alpha value is -2.38. The van der Waals surface area contributed by atoms with Crippen molar-refractivity contribution >= 4 is 11.0 Å². The highest BCUT2D eigenvalue weighted by atomic mass is 19.3. The second-order valence-electron chi connectivity index (χ2n) is 7.46. The molecule has 0 saturated heterocycles. The molecular weight excluding hydrogens is 360 g/mol. The Morgan fingerprint density at radius 2 is 2.07 bits per heavy atom. The van der Waals surface area contributed by atoms with Gasteiger partial charge in [0.2, 0.25) is 0 Å². The number of imidazole rings is 1. The predicted octanol–water partition coefficient (Wildman–Crippen LogP) is 3.82. The molecule has 1 aliphatic carbocycles. The maximum Gasteiger partial charge on any atom is 0.261 e. The van der Waals surface area contributed by atoms with E-state index in [0.29, 0.717) is 12.4 Å². The van der Waals surface area contributed by atoms with Gasteiger partial charge in [-0.3, -0.25) is 9.88 Å². The molecule has 3 N–H and O–H groups in total. The predicted molar refractivity (Wildman–Crippen MR) is 105 cm³/mol. The number of para-hydroxylation sites is 2. The molecule has 1 aromatic carbocycles. The number of aromatic amines is 1. The monoisotopic (exact) mass is 385 g/mol. The highest BCUT2D eigenvalue weighted by Gasteiger charge is 2.36. The van der Waals surface area contributed by atoms with Crippen LogP contribution in [0.4, 0.5) is 8.78 Å². The normalized spacial score (nSPS) is 17.2. The Morgan fingerprint density at radius 1 is 1.21 bits per heavy atom. The molecule has 0 bridgehead atoms. The van der Waals surface area contributed by atoms with Gasteiger partial charge in [0.15, 0.2) is 0 Å². The summed E-state index contributed by atoms with van der Waals surface area (Å²) in [6, 6.07) is 11.5. The van der Waals surface area contributed by atoms with Crippen LogP contribution in [0.3, 0.4) is 0 Å². The fraction of sp³-hybridized carbons (Fsp3) is 0.429. The van der Waals surface area contributed by atoms with Crippen LogP contribution < -0.4 is 5.73 Å². The van der Waals surface area contributed by atoms with Crippen molar-refractivity contribution in [1.82, 2.24) is 19.9 Å². The molecule has 3 aromatic rings. The van der Waals surface area contributed by atoms with Crippen LogP contribution in [0.5, 0.6) is 0 Å². The van der Waals surface area contributed by atoms with Gasteiger partial charge in [0.25, 0.3) is 5.92 Å². The van der Waals surface area contributed by atoms with Crippen molar-refractivity contribution in [3.63, 3.8) is 0 Å². The van der Waals surface area contributed by atoms with Crippen LogP contribution >= 0.6 is 0 Å². The zero-order valence-electron chi connectivity index (χ0n) is 15.7. The van der Waals surface area contributed by atoms with E-state index in [1.54, 1.807) is 6.20 Å². The molecule has 1 aliphatic rings. The third-order valence-electron chi connectivity index (χ3n) is 5.34. The number of nitrogens with zero attached hydrogens (tertiary/aromatic N) is 3. The Labute approximate surface area is 163 Å². The van der Waals surface area contributed by atoms with Crippen molar-refractivity contribution in [2.75, 3.05) is 13.1 Å². The van der Waals surface area contributed by atoms with Crippen LogP contribution in [-0.4, -0.2) is 38.9 Å². The minimum absolute atomic E-state index is 0.0367. The highest BCUT2D eigenvalue weighted by Crippen LogP contribution is 2.35. The lowest BCUT2D eigenvalue weighted by Gasteiger charge is -2.36. The van der Waals surface area contributed by atoms with Crippen molar-refractivity contribution < 1.29 is 8.78 Å². The second kappa shape index (κ2) is 7.93. The van der Waals surface area contributed by atoms with Crippen molar-refractivity contribution in [2.24, 2.45) is 5.73 Å². The molecule has 0 amide bonds. The molecule has 148 valence electrons. The lowest BCUT2D eigenvalue weighted by Crippen LogP contribution is -2.41. The quantitative estimate of drug-likeness (QED) is 0.649. The van der Waals surface area contributed by atoms with E-state index in [4.69, 9.17) is 5.73 Å². The van der Waals surface area contributed by atoms with Gasteiger partial charge in [-0.05, 0) is 49.6 Å². The SMILES string of the molecule is NCCC(F)(F)CN(Cc1nc2ccccc2[nH]1)C1CCCc2cccnc21. The first-order valence-corrected chi connectivity index (χ1v) is 9.75. The molecule has 7 heteroatoms. The average molecular weight is 385 g/mol. The van der Waals surface area contributed by atoms with Gasteiger partial charge in [0.05, 0.1) is 35.9 Å². The van der Waals surface area contributed by atoms with E-state index in [0.717, 1.165) is 41.6 Å². The van der Waals surface area contributed by atoms with E-state index < -0.39 is 5.92 Å². The Morgan fingerprint density at radius 3 is 2.89 bits per heavy atom. The number of pyridine rings is 1. The Balaban J connectivity index is 1.66. The second-order valence-corrected chi connectivity index (χ2v) is 7.46. The summed E-state index contributed by atoms with van der Waals surface area (Å²) in [6.45, 7) is -0.0809. The van der Waals surface area contributed by atoms with Gasteiger partial charge in [0.1, 0.15) is 5.82 Å². The van der Waals surface area contributed by atoms with E-state index in [1.807, 2.05) is 41.3 Å². The summed E-state index contributed by atoms with van der Waals surface area (Å²) in [5.74, 6) is -2.17. The zero-order valence-corrected chi connectivity index (χ0v) is 15.7. The number of H-pyrrole nitrogens is 1. The third kappa shape index (κ3) is 4.05. The molecule has 2 aromatic heterocycles. The summed E-state index contributed by atoms with van der Waals surface area (Å²) < 4.78 is 29.1. The minimum atomic E-state index is -2.85. The van der Waals surface area contributed by atoms with Gasteiger partial charge < -0.3 is 10.7 Å². The molecule has 0 radical (unpaired) electrons. The number of fused-ring (bicyclic) bond motifs is 2. The van der Waals surface area contributed by atoms with Crippen molar-refractivity contribution in [2.45, 2.75) is 44.2 Å². The average Bonchev–Trinajstić information content (AvgIpc) is 3.09. The van der Waals surface area contributed by atoms with E-state index in [-0.39, 0.29) is 25.6 Å². The molecule has 0 saturated carbocycles. The lowest BCUT2D eigenvalue weighted by molar-refractivity contribution is -0.0526. The highest BCUT2D eigenvalue weighted by molar-refractivity contribution is 5.74. The van der Waals surface area contributed by atoms with Crippen LogP contribution in [0.25, 0.3) is 11.0 Å². The maximum atomic E-state index is 14.5. The Bertz CT molecular complexity index is 906. The largest absolute Gasteiger partial charge is 0.341 e. The first-order valence-electron chi connectivity index (χ1n) is 9.75. The molecule has 4 rings (SSSR count). The van der Waals surface area contributed by atoms with Crippen LogP contribution in [-0.2, 0) is 13.0 Å². The van der Waals surface area contributed by atoms with Crippen molar-refractivity contribution in [3.05, 3.63) is 59.7 Å². The molecule has 0 fully saturated rings. The first-order chi connectivity index (χ1) is 13.6. The summed E-state index contributed by atoms with van der Waals surface area (Å²) in [4.78, 5) is 14.2. The summed E-state index contributed by atoms with van der Waals surface area (Å²) >= 11 is 0. The number of aryl methyl sites for hydroxylation is 1. The molecule has 0 aliphatic heterocycles. The molecule has 5 nitrogen and oxygen atoms in total. The molecule has 0 spiro atoms. The van der Waals surface area contributed by atoms with E-state index in [2.05, 4.69) is 15.0 Å². The number of hydrogen-bond acceptors (Lipinski definition) is 4. The topological polar surface area (TPSA) is 70.8 Å². The summed E-state index contributed by atoms with van der Waals surface area (Å²) in [5, 5.41) is 0. The fourth-order valence-corrected chi connectivity index (χ4v) is 4.08. The number of benzene rings is 1. The molecular formula is C21H25F2N5. The maximum absolute atomic E-state index is 14.5. The van der Waals surface area contributed by atoms with E-state index in [1.165, 1.54) is 0 Å². The lowest BCUT2D eigenvalue weighted by atomic mass is 9.90. The number of nitrogens with one attached hydrogen (secondary N) is 1. The van der Waals surface area contributed by atoms with Crippen molar-refractivity contribution in [3.8, 4) is 0 Å². The van der Waals surface area contributed by atoms with Crippen molar-refractivity contribution in [1.29, 1.82) is 0 Å². The minimum Gasteiger partial charge on any atom is -0.341 e. The van der Waals surface area contributed by atoms with Gasteiger partial charge in [-0.15, -0.1) is 0 Å². The molecule has 1 unspecified atom stereocenters. The fourth-order valence-electron chi connectivity index (χ4n) is 4.08. The van der Waals surface area contributed by atoms with Crippen LogP contribution in [0.15, 0.2) is 42.6 Å². The smallest absolute Gasteiger partial charge is 0.261 e. The summed E-state index contributed by atoms with van der Waals surface area (Å²) in [7, 11) is 0. The van der Waals surface area contributed by atoms with Gasteiger partial charge in [-0.1, -0.05) is 18.2 Å². The van der Waals surface area contributed by atoms with E-state index >= 15 is 0 Å². The zero-order chi connectivity index (χ0) is 19.6. The van der Waals surface area contributed by atoms with Gasteiger partial charge >= 0.3 is 0 Å². The summed E-state index contributed by atoms with van der Waals surface area (Å²) in [6.07, 6.45) is 4.13.